The predicted octanol–water partition coefficient (Wildman–Crippen LogP) is 2.08. The molecule has 0 bridgehead atoms. The lowest BCUT2D eigenvalue weighted by molar-refractivity contribution is 0.0463. The van der Waals surface area contributed by atoms with Gasteiger partial charge in [0.25, 0.3) is 5.91 Å². The SMILES string of the molecule is CCN1CCN(C(=O)c2cccn2C2CC2)C[C@@H]1c1nccn1C. The molecule has 128 valence electrons. The molecule has 0 radical (unpaired) electrons. The fourth-order valence-corrected chi connectivity index (χ4v) is 3.73. The maximum atomic E-state index is 13.1. The number of carbonyl (C=O) groups is 1. The molecule has 2 fully saturated rings. The molecule has 2 aromatic heterocycles. The Morgan fingerprint density at radius 3 is 2.79 bits per heavy atom. The van der Waals surface area contributed by atoms with Crippen molar-refractivity contribution >= 4 is 5.91 Å². The van der Waals surface area contributed by atoms with E-state index in [1.54, 1.807) is 0 Å². The summed E-state index contributed by atoms with van der Waals surface area (Å²) in [6.07, 6.45) is 8.23. The molecule has 4 rings (SSSR count). The van der Waals surface area contributed by atoms with Crippen LogP contribution in [-0.2, 0) is 7.05 Å². The van der Waals surface area contributed by atoms with E-state index in [9.17, 15) is 4.79 Å². The molecule has 2 aromatic rings. The van der Waals surface area contributed by atoms with E-state index in [0.717, 1.165) is 31.2 Å². The molecule has 1 atom stereocenters. The lowest BCUT2D eigenvalue weighted by atomic mass is 10.1. The van der Waals surface area contributed by atoms with Gasteiger partial charge in [0, 0.05) is 51.3 Å². The van der Waals surface area contributed by atoms with Crippen LogP contribution in [0.5, 0.6) is 0 Å². The molecule has 6 heteroatoms. The highest BCUT2D eigenvalue weighted by Crippen LogP contribution is 2.36. The zero-order valence-electron chi connectivity index (χ0n) is 14.4. The molecule has 0 unspecified atom stereocenters. The fraction of sp³-hybridized carbons (Fsp3) is 0.556. The van der Waals surface area contributed by atoms with Gasteiger partial charge in [-0.05, 0) is 31.5 Å². The summed E-state index contributed by atoms with van der Waals surface area (Å²) in [5.41, 5.74) is 0.834. The quantitative estimate of drug-likeness (QED) is 0.864. The van der Waals surface area contributed by atoms with Crippen molar-refractivity contribution in [3.63, 3.8) is 0 Å². The zero-order chi connectivity index (χ0) is 16.7. The van der Waals surface area contributed by atoms with Gasteiger partial charge in [0.1, 0.15) is 11.5 Å². The molecule has 3 heterocycles. The number of rotatable bonds is 4. The first-order valence-electron chi connectivity index (χ1n) is 8.86. The van der Waals surface area contributed by atoms with Crippen LogP contribution in [0.15, 0.2) is 30.7 Å². The number of hydrogen-bond donors (Lipinski definition) is 0. The number of aryl methyl sites for hydroxylation is 1. The van der Waals surface area contributed by atoms with Gasteiger partial charge >= 0.3 is 0 Å². The van der Waals surface area contributed by atoms with Crippen LogP contribution in [0.4, 0.5) is 0 Å². The Balaban J connectivity index is 1.57. The number of amides is 1. The zero-order valence-corrected chi connectivity index (χ0v) is 14.4. The van der Waals surface area contributed by atoms with Crippen LogP contribution in [0.2, 0.25) is 0 Å². The largest absolute Gasteiger partial charge is 0.340 e. The monoisotopic (exact) mass is 327 g/mol. The molecule has 24 heavy (non-hydrogen) atoms. The second kappa shape index (κ2) is 6.09. The van der Waals surface area contributed by atoms with Crippen LogP contribution in [-0.4, -0.2) is 56.0 Å². The van der Waals surface area contributed by atoms with Gasteiger partial charge < -0.3 is 14.0 Å². The Kier molecular flexibility index (Phi) is 3.92. The number of piperazine rings is 1. The number of hydrogen-bond acceptors (Lipinski definition) is 3. The maximum Gasteiger partial charge on any atom is 0.270 e. The van der Waals surface area contributed by atoms with Gasteiger partial charge in [-0.15, -0.1) is 0 Å². The highest BCUT2D eigenvalue weighted by molar-refractivity contribution is 5.93. The van der Waals surface area contributed by atoms with E-state index in [-0.39, 0.29) is 11.9 Å². The van der Waals surface area contributed by atoms with E-state index in [4.69, 9.17) is 0 Å². The van der Waals surface area contributed by atoms with Crippen molar-refractivity contribution in [2.75, 3.05) is 26.2 Å². The molecule has 2 aliphatic rings. The van der Waals surface area contributed by atoms with Crippen molar-refractivity contribution in [1.29, 1.82) is 0 Å². The Labute approximate surface area is 142 Å². The number of imidazole rings is 1. The first-order chi connectivity index (χ1) is 11.7. The highest BCUT2D eigenvalue weighted by Gasteiger charge is 2.34. The summed E-state index contributed by atoms with van der Waals surface area (Å²) in [4.78, 5) is 22.0. The van der Waals surface area contributed by atoms with Gasteiger partial charge in [0.2, 0.25) is 0 Å². The first-order valence-corrected chi connectivity index (χ1v) is 8.86. The summed E-state index contributed by atoms with van der Waals surface area (Å²) in [7, 11) is 2.02. The van der Waals surface area contributed by atoms with Crippen LogP contribution in [0, 0.1) is 0 Å². The van der Waals surface area contributed by atoms with Crippen molar-refractivity contribution < 1.29 is 4.79 Å². The maximum absolute atomic E-state index is 13.1. The van der Waals surface area contributed by atoms with Gasteiger partial charge in [-0.25, -0.2) is 4.98 Å². The van der Waals surface area contributed by atoms with Crippen LogP contribution >= 0.6 is 0 Å². The second-order valence-corrected chi connectivity index (χ2v) is 6.82. The summed E-state index contributed by atoms with van der Waals surface area (Å²) in [6.45, 7) is 5.52. The molecule has 1 amide bonds. The van der Waals surface area contributed by atoms with Crippen molar-refractivity contribution in [2.24, 2.45) is 7.05 Å². The van der Waals surface area contributed by atoms with Crippen molar-refractivity contribution in [1.82, 2.24) is 23.9 Å². The van der Waals surface area contributed by atoms with Gasteiger partial charge in [-0.2, -0.15) is 0 Å². The Hall–Kier alpha value is -2.08. The van der Waals surface area contributed by atoms with Crippen LogP contribution < -0.4 is 0 Å². The Bertz CT molecular complexity index is 729. The molecule has 0 spiro atoms. The number of likely N-dealkylation sites (N-methyl/N-ethyl adjacent to an activating group) is 1. The molecule has 0 N–H and O–H groups in total. The number of nitrogens with zero attached hydrogens (tertiary/aromatic N) is 5. The fourth-order valence-electron chi connectivity index (χ4n) is 3.73. The summed E-state index contributed by atoms with van der Waals surface area (Å²) >= 11 is 0. The molecule has 1 aliphatic heterocycles. The average molecular weight is 327 g/mol. The van der Waals surface area contributed by atoms with Gasteiger partial charge in [0.15, 0.2) is 0 Å². The topological polar surface area (TPSA) is 46.3 Å². The molecule has 0 aromatic carbocycles. The lowest BCUT2D eigenvalue weighted by Crippen LogP contribution is -2.51. The van der Waals surface area contributed by atoms with Crippen LogP contribution in [0.1, 0.15) is 48.2 Å². The van der Waals surface area contributed by atoms with E-state index in [1.807, 2.05) is 42.7 Å². The minimum Gasteiger partial charge on any atom is -0.340 e. The molecule has 1 saturated carbocycles. The van der Waals surface area contributed by atoms with Crippen LogP contribution in [0.3, 0.4) is 0 Å². The third kappa shape index (κ3) is 2.65. The van der Waals surface area contributed by atoms with E-state index in [0.29, 0.717) is 12.6 Å². The normalized spacial score (nSPS) is 22.1. The molecule has 1 aliphatic carbocycles. The molecule has 1 saturated heterocycles. The van der Waals surface area contributed by atoms with Crippen LogP contribution in [0.25, 0.3) is 0 Å². The molecule has 6 nitrogen and oxygen atoms in total. The van der Waals surface area contributed by atoms with Crippen molar-refractivity contribution in [2.45, 2.75) is 31.8 Å². The third-order valence-corrected chi connectivity index (χ3v) is 5.28. The van der Waals surface area contributed by atoms with E-state index < -0.39 is 0 Å². The van der Waals surface area contributed by atoms with Gasteiger partial charge in [0.05, 0.1) is 6.04 Å². The van der Waals surface area contributed by atoms with E-state index in [1.165, 1.54) is 12.8 Å². The summed E-state index contributed by atoms with van der Waals surface area (Å²) < 4.78 is 4.22. The Morgan fingerprint density at radius 1 is 1.29 bits per heavy atom. The standard InChI is InChI=1S/C18H25N5O/c1-3-21-11-12-22(13-16(21)17-19-8-10-20(17)2)18(24)15-5-4-9-23(15)14-6-7-14/h4-5,8-10,14,16H,3,6-7,11-13H2,1-2H3/t16-/m1/s1. The number of carbonyl (C=O) groups excluding carboxylic acids is 1. The first kappa shape index (κ1) is 15.4. The number of aromatic nitrogens is 3. The average Bonchev–Trinajstić information content (AvgIpc) is 3.17. The summed E-state index contributed by atoms with van der Waals surface area (Å²) in [5, 5.41) is 0. The van der Waals surface area contributed by atoms with Gasteiger partial charge in [-0.3, -0.25) is 9.69 Å². The van der Waals surface area contributed by atoms with E-state index >= 15 is 0 Å². The van der Waals surface area contributed by atoms with Gasteiger partial charge in [-0.1, -0.05) is 6.92 Å². The lowest BCUT2D eigenvalue weighted by Gasteiger charge is -2.40. The Morgan fingerprint density at radius 2 is 2.12 bits per heavy atom. The minimum absolute atomic E-state index is 0.155. The predicted molar refractivity (Wildman–Crippen MR) is 91.8 cm³/mol. The third-order valence-electron chi connectivity index (χ3n) is 5.28. The van der Waals surface area contributed by atoms with Crippen molar-refractivity contribution in [3.05, 3.63) is 42.2 Å². The molecular weight excluding hydrogens is 302 g/mol. The van der Waals surface area contributed by atoms with Crippen molar-refractivity contribution in [3.8, 4) is 0 Å². The second-order valence-electron chi connectivity index (χ2n) is 6.82. The highest BCUT2D eigenvalue weighted by atomic mass is 16.2. The summed E-state index contributed by atoms with van der Waals surface area (Å²) in [6, 6.07) is 4.64. The molecular formula is C18H25N5O. The van der Waals surface area contributed by atoms with E-state index in [2.05, 4.69) is 25.9 Å². The minimum atomic E-state index is 0.155. The smallest absolute Gasteiger partial charge is 0.270 e. The summed E-state index contributed by atoms with van der Waals surface area (Å²) in [5.74, 6) is 1.19.